The van der Waals surface area contributed by atoms with Crippen molar-refractivity contribution in [3.63, 3.8) is 0 Å². The molecule has 3 fully saturated rings. The van der Waals surface area contributed by atoms with Gasteiger partial charge in [-0.2, -0.15) is 0 Å². The van der Waals surface area contributed by atoms with Crippen LogP contribution in [0.3, 0.4) is 0 Å². The summed E-state index contributed by atoms with van der Waals surface area (Å²) in [6, 6.07) is 9.36. The van der Waals surface area contributed by atoms with Crippen molar-refractivity contribution in [1.29, 1.82) is 0 Å². The first-order valence-electron chi connectivity index (χ1n) is 11.1. The zero-order valence-corrected chi connectivity index (χ0v) is 19.0. The molecule has 3 amide bonds. The number of carbonyl (C=O) groups is 3. The highest BCUT2D eigenvalue weighted by molar-refractivity contribution is 6.35. The van der Waals surface area contributed by atoms with Gasteiger partial charge in [0, 0.05) is 11.6 Å². The Morgan fingerprint density at radius 3 is 2.56 bits per heavy atom. The average Bonchev–Trinajstić information content (AvgIpc) is 3.42. The summed E-state index contributed by atoms with van der Waals surface area (Å²) in [5, 5.41) is 3.43. The van der Waals surface area contributed by atoms with Gasteiger partial charge in [-0.1, -0.05) is 35.4 Å². The predicted molar refractivity (Wildman–Crippen MR) is 122 cm³/mol. The van der Waals surface area contributed by atoms with Crippen LogP contribution in [0, 0.1) is 32.6 Å². The molecule has 0 aromatic heterocycles. The van der Waals surface area contributed by atoms with E-state index in [-0.39, 0.29) is 23.8 Å². The minimum atomic E-state index is -1.20. The Kier molecular flexibility index (Phi) is 4.00. The molecule has 6 rings (SSSR count). The molecule has 4 aliphatic heterocycles. The van der Waals surface area contributed by atoms with Gasteiger partial charge < -0.3 is 5.32 Å². The molecule has 4 atom stereocenters. The molecule has 0 aliphatic carbocycles. The molecular weight excluding hydrogens is 426 g/mol. The van der Waals surface area contributed by atoms with E-state index in [1.165, 1.54) is 4.90 Å². The number of hydrogen-bond donors (Lipinski definition) is 1. The number of nitrogens with one attached hydrogen (secondary N) is 1. The SMILES string of the molecule is Cc1ccc(N2C(=O)C3C4CCCN4C4(C(=O)Nc5c(Cl)cc(C)cc54)C3C2=O)c(C)c1. The molecule has 1 N–H and O–H groups in total. The minimum Gasteiger partial charge on any atom is -0.323 e. The van der Waals surface area contributed by atoms with E-state index in [4.69, 9.17) is 11.6 Å². The number of hydrogen-bond acceptors (Lipinski definition) is 4. The van der Waals surface area contributed by atoms with E-state index >= 15 is 0 Å². The summed E-state index contributed by atoms with van der Waals surface area (Å²) < 4.78 is 0. The lowest BCUT2D eigenvalue weighted by Crippen LogP contribution is -2.54. The van der Waals surface area contributed by atoms with Gasteiger partial charge in [-0.25, -0.2) is 4.90 Å². The Labute approximate surface area is 191 Å². The van der Waals surface area contributed by atoms with E-state index in [1.54, 1.807) is 0 Å². The molecule has 2 aromatic carbocycles. The number of halogens is 1. The van der Waals surface area contributed by atoms with Crippen LogP contribution in [-0.4, -0.2) is 35.2 Å². The van der Waals surface area contributed by atoms with Crippen LogP contribution in [0.15, 0.2) is 30.3 Å². The molecule has 4 aliphatic rings. The highest BCUT2D eigenvalue weighted by atomic mass is 35.5. The van der Waals surface area contributed by atoms with Crippen LogP contribution in [0.25, 0.3) is 0 Å². The van der Waals surface area contributed by atoms with Crippen molar-refractivity contribution in [3.8, 4) is 0 Å². The van der Waals surface area contributed by atoms with E-state index in [0.717, 1.165) is 35.1 Å². The van der Waals surface area contributed by atoms with Crippen molar-refractivity contribution in [3.05, 3.63) is 57.6 Å². The molecule has 2 aromatic rings. The third-order valence-corrected chi connectivity index (χ3v) is 8.09. The van der Waals surface area contributed by atoms with Gasteiger partial charge in [-0.05, 0) is 63.4 Å². The number of anilines is 2. The molecule has 0 saturated carbocycles. The first kappa shape index (κ1) is 19.9. The second-order valence-electron chi connectivity index (χ2n) is 9.60. The molecule has 164 valence electrons. The Hall–Kier alpha value is -2.70. The first-order chi connectivity index (χ1) is 15.3. The van der Waals surface area contributed by atoms with Gasteiger partial charge in [-0.15, -0.1) is 0 Å². The maximum atomic E-state index is 14.0. The summed E-state index contributed by atoms with van der Waals surface area (Å²) in [4.78, 5) is 45.0. The number of benzene rings is 2. The van der Waals surface area contributed by atoms with Gasteiger partial charge in [0.15, 0.2) is 0 Å². The van der Waals surface area contributed by atoms with Crippen molar-refractivity contribution in [2.24, 2.45) is 11.8 Å². The van der Waals surface area contributed by atoms with Crippen molar-refractivity contribution in [1.82, 2.24) is 4.90 Å². The summed E-state index contributed by atoms with van der Waals surface area (Å²) in [5.74, 6) is -2.03. The number of carbonyl (C=O) groups excluding carboxylic acids is 3. The van der Waals surface area contributed by atoms with E-state index in [2.05, 4.69) is 10.2 Å². The largest absolute Gasteiger partial charge is 0.323 e. The Bertz CT molecular complexity index is 1240. The Balaban J connectivity index is 1.58. The molecule has 4 unspecified atom stereocenters. The van der Waals surface area contributed by atoms with Gasteiger partial charge in [0.1, 0.15) is 5.54 Å². The molecular formula is C25H24ClN3O3. The zero-order valence-electron chi connectivity index (χ0n) is 18.2. The fourth-order valence-corrected chi connectivity index (χ4v) is 7.01. The summed E-state index contributed by atoms with van der Waals surface area (Å²) in [7, 11) is 0. The van der Waals surface area contributed by atoms with Crippen LogP contribution >= 0.6 is 11.6 Å². The second-order valence-corrected chi connectivity index (χ2v) is 10.0. The number of amides is 3. The normalized spacial score (nSPS) is 30.8. The zero-order chi connectivity index (χ0) is 22.5. The van der Waals surface area contributed by atoms with Gasteiger partial charge in [0.25, 0.3) is 5.91 Å². The number of imide groups is 1. The van der Waals surface area contributed by atoms with E-state index in [0.29, 0.717) is 22.9 Å². The third kappa shape index (κ3) is 2.22. The van der Waals surface area contributed by atoms with Crippen LogP contribution in [0.1, 0.15) is 35.1 Å². The van der Waals surface area contributed by atoms with E-state index < -0.39 is 17.4 Å². The average molecular weight is 450 g/mol. The van der Waals surface area contributed by atoms with Crippen LogP contribution < -0.4 is 10.2 Å². The molecule has 0 radical (unpaired) electrons. The van der Waals surface area contributed by atoms with Crippen molar-refractivity contribution >= 4 is 40.7 Å². The highest BCUT2D eigenvalue weighted by Gasteiger charge is 2.74. The van der Waals surface area contributed by atoms with Crippen molar-refractivity contribution < 1.29 is 14.4 Å². The number of fused-ring (bicyclic) bond motifs is 7. The summed E-state index contributed by atoms with van der Waals surface area (Å²) >= 11 is 6.52. The molecule has 1 spiro atoms. The smallest absolute Gasteiger partial charge is 0.250 e. The van der Waals surface area contributed by atoms with Crippen LogP contribution in [0.5, 0.6) is 0 Å². The van der Waals surface area contributed by atoms with Crippen LogP contribution in [0.2, 0.25) is 5.02 Å². The molecule has 32 heavy (non-hydrogen) atoms. The van der Waals surface area contributed by atoms with Gasteiger partial charge >= 0.3 is 0 Å². The lowest BCUT2D eigenvalue weighted by Gasteiger charge is -2.37. The molecule has 7 heteroatoms. The lowest BCUT2D eigenvalue weighted by molar-refractivity contribution is -0.135. The maximum Gasteiger partial charge on any atom is 0.250 e. The third-order valence-electron chi connectivity index (χ3n) is 7.79. The quantitative estimate of drug-likeness (QED) is 0.674. The monoisotopic (exact) mass is 449 g/mol. The number of aryl methyl sites for hydroxylation is 3. The molecule has 3 saturated heterocycles. The van der Waals surface area contributed by atoms with Gasteiger partial charge in [-0.3, -0.25) is 19.3 Å². The standard InChI is InChI=1S/C25H24ClN3O3/c1-12-6-7-17(14(3)9-12)29-22(30)19-18-5-4-8-28(18)25(20(19)23(29)31)15-10-13(2)11-16(26)21(15)27-24(25)32/h6-7,9-11,18-20H,4-5,8H2,1-3H3,(H,27,32). The maximum absolute atomic E-state index is 14.0. The topological polar surface area (TPSA) is 69.7 Å². The Morgan fingerprint density at radius 1 is 1.03 bits per heavy atom. The minimum absolute atomic E-state index is 0.136. The highest BCUT2D eigenvalue weighted by Crippen LogP contribution is 2.61. The Morgan fingerprint density at radius 2 is 1.81 bits per heavy atom. The molecule has 6 nitrogen and oxygen atoms in total. The lowest BCUT2D eigenvalue weighted by atomic mass is 9.75. The van der Waals surface area contributed by atoms with Crippen LogP contribution in [-0.2, 0) is 19.9 Å². The van der Waals surface area contributed by atoms with Crippen molar-refractivity contribution in [2.45, 2.75) is 45.2 Å². The van der Waals surface area contributed by atoms with Crippen LogP contribution in [0.4, 0.5) is 11.4 Å². The second kappa shape index (κ2) is 6.42. The fraction of sp³-hybridized carbons (Fsp3) is 0.400. The summed E-state index contributed by atoms with van der Waals surface area (Å²) in [5.41, 5.74) is 3.58. The number of rotatable bonds is 1. The van der Waals surface area contributed by atoms with E-state index in [1.807, 2.05) is 51.1 Å². The van der Waals surface area contributed by atoms with Crippen molar-refractivity contribution in [2.75, 3.05) is 16.8 Å². The summed E-state index contributed by atoms with van der Waals surface area (Å²) in [6.45, 7) is 6.51. The first-order valence-corrected chi connectivity index (χ1v) is 11.5. The predicted octanol–water partition coefficient (Wildman–Crippen LogP) is 3.70. The van der Waals surface area contributed by atoms with Gasteiger partial charge in [0.05, 0.1) is 28.2 Å². The molecule has 4 heterocycles. The molecule has 0 bridgehead atoms. The number of nitrogens with zero attached hydrogens (tertiary/aromatic N) is 2. The fourth-order valence-electron chi connectivity index (χ4n) is 6.69. The summed E-state index contributed by atoms with van der Waals surface area (Å²) in [6.07, 6.45) is 1.69. The van der Waals surface area contributed by atoms with Gasteiger partial charge in [0.2, 0.25) is 11.8 Å². The van der Waals surface area contributed by atoms with E-state index in [9.17, 15) is 14.4 Å².